The van der Waals surface area contributed by atoms with Gasteiger partial charge in [0.2, 0.25) is 10.0 Å². The zero-order valence-electron chi connectivity index (χ0n) is 11.3. The number of hydrogen-bond donors (Lipinski definition) is 0. The van der Waals surface area contributed by atoms with E-state index in [0.29, 0.717) is 17.9 Å². The van der Waals surface area contributed by atoms with Crippen molar-refractivity contribution in [3.05, 3.63) is 24.3 Å². The second-order valence-corrected chi connectivity index (χ2v) is 8.90. The summed E-state index contributed by atoms with van der Waals surface area (Å²) in [4.78, 5) is 0. The molecule has 6 nitrogen and oxygen atoms in total. The van der Waals surface area contributed by atoms with Crippen LogP contribution in [0.25, 0.3) is 0 Å². The number of rotatable bonds is 4. The number of hydrogen-bond acceptors (Lipinski definition) is 5. The van der Waals surface area contributed by atoms with Crippen molar-refractivity contribution in [3.63, 3.8) is 0 Å². The van der Waals surface area contributed by atoms with Crippen LogP contribution in [0.3, 0.4) is 0 Å². The first kappa shape index (κ1) is 15.1. The molecule has 8 heteroatoms. The standard InChI is InChI=1S/C12H17NO5S2/c1-18-12-5-3-10(4-6-12)13(19(2,14)15)11-7-8-20(16,17)9-11/h3-6,11H,7-9H2,1-2H3/t11-/m1/s1. The van der Waals surface area contributed by atoms with E-state index >= 15 is 0 Å². The normalized spacial score (nSPS) is 21.6. The summed E-state index contributed by atoms with van der Waals surface area (Å²) in [6.07, 6.45) is 1.41. The lowest BCUT2D eigenvalue weighted by Crippen LogP contribution is -2.40. The molecule has 0 saturated carbocycles. The molecule has 1 aliphatic heterocycles. The van der Waals surface area contributed by atoms with E-state index in [1.165, 1.54) is 11.4 Å². The highest BCUT2D eigenvalue weighted by Crippen LogP contribution is 2.28. The molecule has 0 bridgehead atoms. The van der Waals surface area contributed by atoms with E-state index in [-0.39, 0.29) is 11.5 Å². The zero-order valence-corrected chi connectivity index (χ0v) is 12.9. The largest absolute Gasteiger partial charge is 0.497 e. The van der Waals surface area contributed by atoms with Crippen molar-refractivity contribution in [1.29, 1.82) is 0 Å². The molecule has 1 heterocycles. The molecule has 0 amide bonds. The van der Waals surface area contributed by atoms with Crippen molar-refractivity contribution in [2.45, 2.75) is 12.5 Å². The molecule has 2 rings (SSSR count). The highest BCUT2D eigenvalue weighted by atomic mass is 32.2. The molecular formula is C12H17NO5S2. The average molecular weight is 319 g/mol. The van der Waals surface area contributed by atoms with E-state index in [2.05, 4.69) is 0 Å². The molecule has 20 heavy (non-hydrogen) atoms. The number of sulfonamides is 1. The molecule has 0 N–H and O–H groups in total. The minimum absolute atomic E-state index is 0.0276. The number of methoxy groups -OCH3 is 1. The number of sulfone groups is 1. The Hall–Kier alpha value is -1.28. The Bertz CT molecular complexity index is 679. The highest BCUT2D eigenvalue weighted by Gasteiger charge is 2.36. The smallest absolute Gasteiger partial charge is 0.232 e. The van der Waals surface area contributed by atoms with Gasteiger partial charge < -0.3 is 4.74 Å². The predicted octanol–water partition coefficient (Wildman–Crippen LogP) is 0.648. The Labute approximate surface area is 119 Å². The zero-order chi connectivity index (χ0) is 15.0. The highest BCUT2D eigenvalue weighted by molar-refractivity contribution is 7.93. The number of benzene rings is 1. The molecule has 0 spiro atoms. The molecular weight excluding hydrogens is 302 g/mol. The molecule has 1 saturated heterocycles. The average Bonchev–Trinajstić information content (AvgIpc) is 2.69. The summed E-state index contributed by atoms with van der Waals surface area (Å²) in [6.45, 7) is 0. The topological polar surface area (TPSA) is 80.8 Å². The van der Waals surface area contributed by atoms with Gasteiger partial charge >= 0.3 is 0 Å². The lowest BCUT2D eigenvalue weighted by molar-refractivity contribution is 0.415. The maximum atomic E-state index is 12.0. The maximum absolute atomic E-state index is 12.0. The van der Waals surface area contributed by atoms with Gasteiger partial charge in [-0.1, -0.05) is 0 Å². The summed E-state index contributed by atoms with van der Waals surface area (Å²) in [5.41, 5.74) is 0.454. The van der Waals surface area contributed by atoms with Crippen molar-refractivity contribution >= 4 is 25.5 Å². The number of nitrogens with zero attached hydrogens (tertiary/aromatic N) is 1. The fourth-order valence-corrected chi connectivity index (χ4v) is 5.38. The van der Waals surface area contributed by atoms with Crippen molar-refractivity contribution in [2.24, 2.45) is 0 Å². The Morgan fingerprint density at radius 2 is 1.85 bits per heavy atom. The second kappa shape index (κ2) is 5.25. The lowest BCUT2D eigenvalue weighted by atomic mass is 10.2. The lowest BCUT2D eigenvalue weighted by Gasteiger charge is -2.28. The third-order valence-electron chi connectivity index (χ3n) is 3.22. The van der Waals surface area contributed by atoms with Gasteiger partial charge in [0.15, 0.2) is 9.84 Å². The quantitative estimate of drug-likeness (QED) is 0.814. The van der Waals surface area contributed by atoms with Crippen molar-refractivity contribution < 1.29 is 21.6 Å². The third kappa shape index (κ3) is 3.24. The Morgan fingerprint density at radius 3 is 2.25 bits per heavy atom. The first-order chi connectivity index (χ1) is 9.23. The Morgan fingerprint density at radius 1 is 1.25 bits per heavy atom. The molecule has 1 aliphatic rings. The van der Waals surface area contributed by atoms with E-state index in [1.54, 1.807) is 24.3 Å². The molecule has 0 aliphatic carbocycles. The van der Waals surface area contributed by atoms with Crippen LogP contribution >= 0.6 is 0 Å². The van der Waals surface area contributed by atoms with Gasteiger partial charge in [0.25, 0.3) is 0 Å². The van der Waals surface area contributed by atoms with Crippen LogP contribution in [0.15, 0.2) is 24.3 Å². The van der Waals surface area contributed by atoms with E-state index in [4.69, 9.17) is 4.74 Å². The van der Waals surface area contributed by atoms with E-state index < -0.39 is 25.9 Å². The van der Waals surface area contributed by atoms with E-state index in [9.17, 15) is 16.8 Å². The van der Waals surface area contributed by atoms with Crippen LogP contribution in [0, 0.1) is 0 Å². The molecule has 0 unspecified atom stereocenters. The minimum atomic E-state index is -3.54. The first-order valence-corrected chi connectivity index (χ1v) is 9.74. The number of anilines is 1. The fourth-order valence-electron chi connectivity index (χ4n) is 2.36. The maximum Gasteiger partial charge on any atom is 0.232 e. The molecule has 1 aromatic carbocycles. The van der Waals surface area contributed by atoms with Crippen LogP contribution in [0.5, 0.6) is 5.75 Å². The summed E-state index contributed by atoms with van der Waals surface area (Å²) in [7, 11) is -5.17. The van der Waals surface area contributed by atoms with Gasteiger partial charge in [-0.2, -0.15) is 0 Å². The monoisotopic (exact) mass is 319 g/mol. The summed E-state index contributed by atoms with van der Waals surface area (Å²) < 4.78 is 53.3. The van der Waals surface area contributed by atoms with Gasteiger partial charge in [-0.25, -0.2) is 16.8 Å². The molecule has 0 radical (unpaired) electrons. The molecule has 1 atom stereocenters. The molecule has 1 aromatic rings. The van der Waals surface area contributed by atoms with Gasteiger partial charge in [-0.05, 0) is 30.7 Å². The van der Waals surface area contributed by atoms with Crippen molar-refractivity contribution in [3.8, 4) is 5.75 Å². The van der Waals surface area contributed by atoms with Crippen LogP contribution in [0.1, 0.15) is 6.42 Å². The van der Waals surface area contributed by atoms with Crippen LogP contribution in [0.4, 0.5) is 5.69 Å². The summed E-state index contributed by atoms with van der Waals surface area (Å²) >= 11 is 0. The third-order valence-corrected chi connectivity index (χ3v) is 6.20. The van der Waals surface area contributed by atoms with Crippen LogP contribution in [-0.4, -0.2) is 47.7 Å². The van der Waals surface area contributed by atoms with Gasteiger partial charge in [0.05, 0.1) is 36.6 Å². The molecule has 0 aromatic heterocycles. The summed E-state index contributed by atoms with van der Waals surface area (Å²) in [5.74, 6) is 0.507. The summed E-state index contributed by atoms with van der Waals surface area (Å²) in [5, 5.41) is 0. The van der Waals surface area contributed by atoms with Gasteiger partial charge in [-0.15, -0.1) is 0 Å². The second-order valence-electron chi connectivity index (χ2n) is 4.81. The number of ether oxygens (including phenoxy) is 1. The Balaban J connectivity index is 2.38. The van der Waals surface area contributed by atoms with Gasteiger partial charge in [-0.3, -0.25) is 4.31 Å². The Kier molecular flexibility index (Phi) is 3.97. The van der Waals surface area contributed by atoms with Crippen molar-refractivity contribution in [2.75, 3.05) is 29.2 Å². The van der Waals surface area contributed by atoms with Crippen LogP contribution in [0.2, 0.25) is 0 Å². The predicted molar refractivity (Wildman–Crippen MR) is 77.4 cm³/mol. The van der Waals surface area contributed by atoms with E-state index in [0.717, 1.165) is 6.26 Å². The van der Waals surface area contributed by atoms with Gasteiger partial charge in [0, 0.05) is 0 Å². The minimum Gasteiger partial charge on any atom is -0.497 e. The fraction of sp³-hybridized carbons (Fsp3) is 0.500. The van der Waals surface area contributed by atoms with Crippen LogP contribution < -0.4 is 9.04 Å². The van der Waals surface area contributed by atoms with Crippen LogP contribution in [-0.2, 0) is 19.9 Å². The SMILES string of the molecule is COc1ccc(N([C@@H]2CCS(=O)(=O)C2)S(C)(=O)=O)cc1. The molecule has 112 valence electrons. The molecule has 1 fully saturated rings. The first-order valence-electron chi connectivity index (χ1n) is 6.07. The summed E-state index contributed by atoms with van der Waals surface area (Å²) in [6, 6.07) is 5.99. The van der Waals surface area contributed by atoms with E-state index in [1.807, 2.05) is 0 Å². The van der Waals surface area contributed by atoms with Gasteiger partial charge in [0.1, 0.15) is 5.75 Å². The van der Waals surface area contributed by atoms with Crippen molar-refractivity contribution in [1.82, 2.24) is 0 Å².